The lowest BCUT2D eigenvalue weighted by molar-refractivity contribution is 0.0592. The smallest absolute Gasteiger partial charge is 0.355 e. The van der Waals surface area contributed by atoms with Crippen LogP contribution < -0.4 is 0 Å². The minimum Gasteiger partial charge on any atom is -0.478 e. The number of carbonyl (C=O) groups is 2. The van der Waals surface area contributed by atoms with Gasteiger partial charge in [-0.2, -0.15) is 0 Å². The number of methoxy groups -OCH3 is 1. The number of carbonyl (C=O) groups excluding carboxylic acids is 1. The van der Waals surface area contributed by atoms with Gasteiger partial charge in [-0.15, -0.1) is 0 Å². The van der Waals surface area contributed by atoms with Crippen molar-refractivity contribution in [1.82, 2.24) is 8.96 Å². The molecule has 0 radical (unpaired) electrons. The summed E-state index contributed by atoms with van der Waals surface area (Å²) in [5.41, 5.74) is 1.12. The number of carboxylic acid groups (broad SMARTS) is 1. The fraction of sp³-hybridized carbons (Fsp3) is 0.111. The summed E-state index contributed by atoms with van der Waals surface area (Å²) in [7, 11) is -2.95. The number of aryl methyl sites for hydroxylation is 1. The summed E-state index contributed by atoms with van der Waals surface area (Å²) in [4.78, 5) is 26.2. The molecule has 0 aliphatic rings. The molecule has 9 heteroatoms. The van der Waals surface area contributed by atoms with E-state index in [1.807, 2.05) is 6.92 Å². The number of aromatic amines is 1. The summed E-state index contributed by atoms with van der Waals surface area (Å²) in [5.74, 6) is -2.04. The van der Waals surface area contributed by atoms with E-state index < -0.39 is 22.0 Å². The second-order valence-electron chi connectivity index (χ2n) is 5.81. The first-order valence-electron chi connectivity index (χ1n) is 7.79. The van der Waals surface area contributed by atoms with Gasteiger partial charge in [0.1, 0.15) is 5.69 Å². The van der Waals surface area contributed by atoms with E-state index in [2.05, 4.69) is 9.72 Å². The summed E-state index contributed by atoms with van der Waals surface area (Å²) >= 11 is 0. The number of rotatable bonds is 5. The minimum atomic E-state index is -4.09. The third-order valence-electron chi connectivity index (χ3n) is 4.05. The first kappa shape index (κ1) is 18.5. The molecule has 8 nitrogen and oxygen atoms in total. The fourth-order valence-corrected chi connectivity index (χ4v) is 3.99. The molecule has 3 aromatic rings. The zero-order chi connectivity index (χ0) is 19.8. The molecule has 0 saturated heterocycles. The Labute approximate surface area is 155 Å². The van der Waals surface area contributed by atoms with E-state index in [0.29, 0.717) is 0 Å². The number of esters is 1. The van der Waals surface area contributed by atoms with Crippen molar-refractivity contribution >= 4 is 22.0 Å². The maximum atomic E-state index is 13.0. The maximum absolute atomic E-state index is 13.0. The lowest BCUT2D eigenvalue weighted by atomic mass is 10.1. The van der Waals surface area contributed by atoms with Crippen LogP contribution in [-0.4, -0.2) is 41.5 Å². The Balaban J connectivity index is 2.21. The zero-order valence-corrected chi connectivity index (χ0v) is 15.3. The Bertz CT molecular complexity index is 1120. The van der Waals surface area contributed by atoms with Gasteiger partial charge in [0, 0.05) is 29.7 Å². The molecule has 0 unspecified atom stereocenters. The van der Waals surface area contributed by atoms with Gasteiger partial charge in [0.2, 0.25) is 0 Å². The number of hydrogen-bond acceptors (Lipinski definition) is 5. The van der Waals surface area contributed by atoms with Crippen LogP contribution in [0.2, 0.25) is 0 Å². The molecule has 0 fully saturated rings. The van der Waals surface area contributed by atoms with Gasteiger partial charge in [-0.1, -0.05) is 17.7 Å². The average Bonchev–Trinajstić information content (AvgIpc) is 3.28. The number of aromatic carboxylic acids is 1. The van der Waals surface area contributed by atoms with E-state index >= 15 is 0 Å². The van der Waals surface area contributed by atoms with E-state index in [1.165, 1.54) is 36.8 Å². The van der Waals surface area contributed by atoms with Gasteiger partial charge in [-0.05, 0) is 25.1 Å². The highest BCUT2D eigenvalue weighted by Gasteiger charge is 2.26. The molecule has 0 aliphatic carbocycles. The van der Waals surface area contributed by atoms with Crippen LogP contribution in [0.25, 0.3) is 11.1 Å². The van der Waals surface area contributed by atoms with Crippen LogP contribution in [0.5, 0.6) is 0 Å². The minimum absolute atomic E-state index is 0.00655. The number of nitrogens with one attached hydrogen (secondary N) is 1. The zero-order valence-electron chi connectivity index (χ0n) is 14.5. The summed E-state index contributed by atoms with van der Waals surface area (Å²) in [6.45, 7) is 1.82. The highest BCUT2D eigenvalue weighted by atomic mass is 32.2. The number of H-pyrrole nitrogens is 1. The van der Waals surface area contributed by atoms with Crippen LogP contribution in [-0.2, 0) is 14.8 Å². The molecule has 140 valence electrons. The van der Waals surface area contributed by atoms with E-state index in [1.54, 1.807) is 12.1 Å². The van der Waals surface area contributed by atoms with E-state index in [0.717, 1.165) is 16.6 Å². The van der Waals surface area contributed by atoms with Gasteiger partial charge in [-0.25, -0.2) is 22.0 Å². The fourth-order valence-electron chi connectivity index (χ4n) is 2.65. The molecule has 0 saturated carbocycles. The Kier molecular flexibility index (Phi) is 4.63. The number of ether oxygens (including phenoxy) is 1. The molecule has 27 heavy (non-hydrogen) atoms. The lowest BCUT2D eigenvalue weighted by Crippen LogP contribution is -2.18. The SMILES string of the molecule is COC(=O)c1cc(-c2c[nH]cc2C(=O)O)cn1S(=O)(=O)c1ccc(C)cc1. The molecule has 3 rings (SSSR count). The molecule has 2 N–H and O–H groups in total. The molecule has 0 amide bonds. The Morgan fingerprint density at radius 2 is 1.81 bits per heavy atom. The van der Waals surface area contributed by atoms with Crippen molar-refractivity contribution in [1.29, 1.82) is 0 Å². The van der Waals surface area contributed by atoms with Crippen LogP contribution in [0.15, 0.2) is 53.8 Å². The normalized spacial score (nSPS) is 11.3. The molecular weight excluding hydrogens is 372 g/mol. The molecule has 0 spiro atoms. The van der Waals surface area contributed by atoms with Gasteiger partial charge >= 0.3 is 11.9 Å². The van der Waals surface area contributed by atoms with Crippen molar-refractivity contribution in [3.63, 3.8) is 0 Å². The van der Waals surface area contributed by atoms with Crippen molar-refractivity contribution in [3.8, 4) is 11.1 Å². The number of hydrogen-bond donors (Lipinski definition) is 2. The molecular formula is C18H16N2O6S. The van der Waals surface area contributed by atoms with Crippen molar-refractivity contribution < 1.29 is 27.9 Å². The predicted octanol–water partition coefficient (Wildman–Crippen LogP) is 2.51. The average molecular weight is 388 g/mol. The summed E-state index contributed by atoms with van der Waals surface area (Å²) in [6, 6.07) is 7.44. The summed E-state index contributed by atoms with van der Waals surface area (Å²) in [6.07, 6.45) is 3.90. The Morgan fingerprint density at radius 1 is 1.15 bits per heavy atom. The molecule has 1 aromatic carbocycles. The third-order valence-corrected chi connectivity index (χ3v) is 5.73. The highest BCUT2D eigenvalue weighted by molar-refractivity contribution is 7.90. The second-order valence-corrected chi connectivity index (χ2v) is 7.62. The van der Waals surface area contributed by atoms with Gasteiger partial charge in [-0.3, -0.25) is 0 Å². The quantitative estimate of drug-likeness (QED) is 0.648. The van der Waals surface area contributed by atoms with Crippen molar-refractivity contribution in [2.24, 2.45) is 0 Å². The van der Waals surface area contributed by atoms with Crippen molar-refractivity contribution in [3.05, 3.63) is 65.7 Å². The number of carboxylic acids is 1. The van der Waals surface area contributed by atoms with Crippen molar-refractivity contribution in [2.75, 3.05) is 7.11 Å². The van der Waals surface area contributed by atoms with Gasteiger partial charge in [0.25, 0.3) is 10.0 Å². The first-order chi connectivity index (χ1) is 12.8. The van der Waals surface area contributed by atoms with Gasteiger partial charge < -0.3 is 14.8 Å². The van der Waals surface area contributed by atoms with Gasteiger partial charge in [0.15, 0.2) is 0 Å². The third kappa shape index (κ3) is 3.24. The highest BCUT2D eigenvalue weighted by Crippen LogP contribution is 2.29. The lowest BCUT2D eigenvalue weighted by Gasteiger charge is -2.09. The number of nitrogens with zero attached hydrogens (tertiary/aromatic N) is 1. The molecule has 2 aromatic heterocycles. The van der Waals surface area contributed by atoms with Crippen LogP contribution in [0, 0.1) is 6.92 Å². The largest absolute Gasteiger partial charge is 0.478 e. The topological polar surface area (TPSA) is 118 Å². The Morgan fingerprint density at radius 3 is 2.41 bits per heavy atom. The van der Waals surface area contributed by atoms with Gasteiger partial charge in [0.05, 0.1) is 17.6 Å². The van der Waals surface area contributed by atoms with Crippen LogP contribution in [0.1, 0.15) is 26.4 Å². The summed E-state index contributed by atoms with van der Waals surface area (Å²) < 4.78 is 31.5. The first-order valence-corrected chi connectivity index (χ1v) is 9.23. The van der Waals surface area contributed by atoms with E-state index in [-0.39, 0.29) is 27.3 Å². The molecule has 0 bridgehead atoms. The molecule has 2 heterocycles. The second kappa shape index (κ2) is 6.76. The summed E-state index contributed by atoms with van der Waals surface area (Å²) in [5, 5.41) is 9.27. The number of benzene rings is 1. The molecule has 0 atom stereocenters. The Hall–Kier alpha value is -3.33. The standard InChI is InChI=1S/C18H16N2O6S/c1-11-3-5-13(6-4-11)27(24,25)20-10-12(7-16(20)18(23)26-2)14-8-19-9-15(14)17(21)22/h3-10,19H,1-2H3,(H,21,22). The number of aromatic nitrogens is 2. The molecule has 0 aliphatic heterocycles. The van der Waals surface area contributed by atoms with Crippen LogP contribution >= 0.6 is 0 Å². The van der Waals surface area contributed by atoms with Crippen LogP contribution in [0.4, 0.5) is 0 Å². The monoisotopic (exact) mass is 388 g/mol. The van der Waals surface area contributed by atoms with E-state index in [9.17, 15) is 23.1 Å². The van der Waals surface area contributed by atoms with Crippen LogP contribution in [0.3, 0.4) is 0 Å². The maximum Gasteiger partial charge on any atom is 0.355 e. The predicted molar refractivity (Wildman–Crippen MR) is 96.3 cm³/mol. The van der Waals surface area contributed by atoms with Crippen molar-refractivity contribution in [2.45, 2.75) is 11.8 Å². The van der Waals surface area contributed by atoms with E-state index in [4.69, 9.17) is 0 Å².